The van der Waals surface area contributed by atoms with Crippen molar-refractivity contribution in [1.82, 2.24) is 19.2 Å². The summed E-state index contributed by atoms with van der Waals surface area (Å²) in [6.07, 6.45) is 5.30. The SMILES string of the molecule is CCCc1nnc2c(=O)n(-c3cccc(Cl)c3C)ccn12. The topological polar surface area (TPSA) is 52.2 Å². The summed E-state index contributed by atoms with van der Waals surface area (Å²) in [5.74, 6) is 0.805. The van der Waals surface area contributed by atoms with E-state index in [1.54, 1.807) is 21.2 Å². The molecule has 0 saturated heterocycles. The lowest BCUT2D eigenvalue weighted by molar-refractivity contribution is 0.812. The minimum atomic E-state index is -0.197. The van der Waals surface area contributed by atoms with Crippen molar-refractivity contribution in [2.24, 2.45) is 0 Å². The predicted octanol–water partition coefficient (Wildman–Crippen LogP) is 2.79. The van der Waals surface area contributed by atoms with Gasteiger partial charge in [-0.25, -0.2) is 0 Å². The number of benzene rings is 1. The Morgan fingerprint density at radius 1 is 1.24 bits per heavy atom. The minimum Gasteiger partial charge on any atom is -0.280 e. The van der Waals surface area contributed by atoms with Gasteiger partial charge in [-0.15, -0.1) is 10.2 Å². The highest BCUT2D eigenvalue weighted by Crippen LogP contribution is 2.21. The molecule has 5 nitrogen and oxygen atoms in total. The molecule has 6 heteroatoms. The molecule has 2 aromatic heterocycles. The molecular weight excluding hydrogens is 288 g/mol. The summed E-state index contributed by atoms with van der Waals surface area (Å²) >= 11 is 6.13. The lowest BCUT2D eigenvalue weighted by Gasteiger charge is -2.10. The van der Waals surface area contributed by atoms with Gasteiger partial charge < -0.3 is 0 Å². The van der Waals surface area contributed by atoms with Crippen molar-refractivity contribution in [2.45, 2.75) is 26.7 Å². The molecule has 0 atom stereocenters. The molecule has 0 bridgehead atoms. The molecule has 0 spiro atoms. The lowest BCUT2D eigenvalue weighted by atomic mass is 10.2. The van der Waals surface area contributed by atoms with Crippen molar-refractivity contribution in [3.05, 3.63) is 57.4 Å². The molecule has 3 rings (SSSR count). The maximum atomic E-state index is 12.6. The molecule has 108 valence electrons. The Labute approximate surface area is 126 Å². The van der Waals surface area contributed by atoms with E-state index in [-0.39, 0.29) is 5.56 Å². The van der Waals surface area contributed by atoms with Crippen LogP contribution in [0.3, 0.4) is 0 Å². The molecule has 0 aliphatic rings. The number of rotatable bonds is 3. The second-order valence-electron chi connectivity index (χ2n) is 4.92. The monoisotopic (exact) mass is 302 g/mol. The summed E-state index contributed by atoms with van der Waals surface area (Å²) in [5.41, 5.74) is 1.76. The summed E-state index contributed by atoms with van der Waals surface area (Å²) in [7, 11) is 0. The second kappa shape index (κ2) is 5.33. The zero-order valence-corrected chi connectivity index (χ0v) is 12.6. The first-order valence-electron chi connectivity index (χ1n) is 6.84. The van der Waals surface area contributed by atoms with Crippen molar-refractivity contribution in [3.8, 4) is 5.69 Å². The minimum absolute atomic E-state index is 0.197. The average molecular weight is 303 g/mol. The van der Waals surface area contributed by atoms with E-state index in [1.807, 2.05) is 25.3 Å². The molecule has 0 aliphatic carbocycles. The van der Waals surface area contributed by atoms with Crippen molar-refractivity contribution in [1.29, 1.82) is 0 Å². The molecule has 1 aromatic carbocycles. The maximum Gasteiger partial charge on any atom is 0.300 e. The normalized spacial score (nSPS) is 11.2. The van der Waals surface area contributed by atoms with Gasteiger partial charge in [0.25, 0.3) is 0 Å². The Hall–Kier alpha value is -2.14. The Morgan fingerprint density at radius 3 is 2.81 bits per heavy atom. The highest BCUT2D eigenvalue weighted by atomic mass is 35.5. The number of hydrogen-bond acceptors (Lipinski definition) is 3. The van der Waals surface area contributed by atoms with Crippen LogP contribution in [0, 0.1) is 6.92 Å². The highest BCUT2D eigenvalue weighted by Gasteiger charge is 2.12. The van der Waals surface area contributed by atoms with Crippen molar-refractivity contribution >= 4 is 17.2 Å². The van der Waals surface area contributed by atoms with Gasteiger partial charge in [-0.05, 0) is 31.0 Å². The van der Waals surface area contributed by atoms with Crippen molar-refractivity contribution in [3.63, 3.8) is 0 Å². The van der Waals surface area contributed by atoms with E-state index < -0.39 is 0 Å². The third kappa shape index (κ3) is 2.23. The molecular formula is C15H15ClN4O. The van der Waals surface area contributed by atoms with Crippen molar-refractivity contribution in [2.75, 3.05) is 0 Å². The fraction of sp³-hybridized carbons (Fsp3) is 0.267. The van der Waals surface area contributed by atoms with Gasteiger partial charge in [0.1, 0.15) is 5.82 Å². The number of aryl methyl sites for hydroxylation is 1. The Balaban J connectivity index is 2.24. The summed E-state index contributed by atoms with van der Waals surface area (Å²) in [6.45, 7) is 3.96. The third-order valence-electron chi connectivity index (χ3n) is 3.51. The summed E-state index contributed by atoms with van der Waals surface area (Å²) in [4.78, 5) is 12.6. The van der Waals surface area contributed by atoms with Crippen LogP contribution in [0.5, 0.6) is 0 Å². The van der Waals surface area contributed by atoms with Gasteiger partial charge in [-0.3, -0.25) is 13.8 Å². The fourth-order valence-corrected chi connectivity index (χ4v) is 2.55. The molecule has 0 amide bonds. The molecule has 2 heterocycles. The molecule has 0 radical (unpaired) electrons. The van der Waals surface area contributed by atoms with Crippen molar-refractivity contribution < 1.29 is 0 Å². The van der Waals surface area contributed by atoms with Gasteiger partial charge in [0.15, 0.2) is 0 Å². The van der Waals surface area contributed by atoms with Crippen LogP contribution in [0.25, 0.3) is 11.3 Å². The number of fused-ring (bicyclic) bond motifs is 1. The zero-order chi connectivity index (χ0) is 15.0. The molecule has 3 aromatic rings. The van der Waals surface area contributed by atoms with Crippen LogP contribution in [0.1, 0.15) is 24.7 Å². The average Bonchev–Trinajstić information content (AvgIpc) is 2.88. The first kappa shape index (κ1) is 13.8. The summed E-state index contributed by atoms with van der Waals surface area (Å²) in [5, 5.41) is 8.75. The van der Waals surface area contributed by atoms with Gasteiger partial charge >= 0.3 is 5.56 Å². The van der Waals surface area contributed by atoms with E-state index >= 15 is 0 Å². The number of aromatic nitrogens is 4. The van der Waals surface area contributed by atoms with Crippen LogP contribution in [0.15, 0.2) is 35.4 Å². The first-order chi connectivity index (χ1) is 10.1. The van der Waals surface area contributed by atoms with Gasteiger partial charge in [0.2, 0.25) is 5.65 Å². The standard InChI is InChI=1S/C15H15ClN4O/c1-3-5-13-17-18-14-15(21)19(8-9-20(13)14)12-7-4-6-11(16)10(12)2/h4,6-9H,3,5H2,1-2H3. The summed E-state index contributed by atoms with van der Waals surface area (Å²) < 4.78 is 3.31. The predicted molar refractivity (Wildman–Crippen MR) is 82.3 cm³/mol. The molecule has 0 unspecified atom stereocenters. The van der Waals surface area contributed by atoms with Crippen LogP contribution < -0.4 is 5.56 Å². The van der Waals surface area contributed by atoms with Crippen LogP contribution in [0.4, 0.5) is 0 Å². The number of halogens is 1. The van der Waals surface area contributed by atoms with Crippen LogP contribution in [-0.4, -0.2) is 19.2 Å². The van der Waals surface area contributed by atoms with Gasteiger partial charge in [0.05, 0.1) is 5.69 Å². The largest absolute Gasteiger partial charge is 0.300 e. The fourth-order valence-electron chi connectivity index (χ4n) is 2.38. The van der Waals surface area contributed by atoms with E-state index in [1.165, 1.54) is 0 Å². The molecule has 0 saturated carbocycles. The highest BCUT2D eigenvalue weighted by molar-refractivity contribution is 6.31. The molecule has 21 heavy (non-hydrogen) atoms. The quantitative estimate of drug-likeness (QED) is 0.747. The lowest BCUT2D eigenvalue weighted by Crippen LogP contribution is -2.21. The second-order valence-corrected chi connectivity index (χ2v) is 5.32. The molecule has 0 aliphatic heterocycles. The van der Waals surface area contributed by atoms with Gasteiger partial charge in [-0.2, -0.15) is 0 Å². The third-order valence-corrected chi connectivity index (χ3v) is 3.92. The van der Waals surface area contributed by atoms with E-state index in [0.29, 0.717) is 10.7 Å². The zero-order valence-electron chi connectivity index (χ0n) is 11.9. The van der Waals surface area contributed by atoms with Crippen LogP contribution in [-0.2, 0) is 6.42 Å². The van der Waals surface area contributed by atoms with E-state index in [9.17, 15) is 4.79 Å². The van der Waals surface area contributed by atoms with Gasteiger partial charge in [0, 0.05) is 23.8 Å². The Bertz CT molecular complexity index is 866. The smallest absolute Gasteiger partial charge is 0.280 e. The Kier molecular flexibility index (Phi) is 3.51. The maximum absolute atomic E-state index is 12.6. The molecule has 0 N–H and O–H groups in total. The van der Waals surface area contributed by atoms with E-state index in [4.69, 9.17) is 11.6 Å². The molecule has 0 fully saturated rings. The summed E-state index contributed by atoms with van der Waals surface area (Å²) in [6, 6.07) is 5.50. The van der Waals surface area contributed by atoms with Crippen LogP contribution >= 0.6 is 11.6 Å². The number of hydrogen-bond donors (Lipinski definition) is 0. The first-order valence-corrected chi connectivity index (χ1v) is 7.22. The van der Waals surface area contributed by atoms with E-state index in [2.05, 4.69) is 17.1 Å². The van der Waals surface area contributed by atoms with E-state index in [0.717, 1.165) is 29.9 Å². The van der Waals surface area contributed by atoms with Gasteiger partial charge in [-0.1, -0.05) is 24.6 Å². The number of nitrogens with zero attached hydrogens (tertiary/aromatic N) is 4. The Morgan fingerprint density at radius 2 is 2.05 bits per heavy atom. The van der Waals surface area contributed by atoms with Crippen LogP contribution in [0.2, 0.25) is 5.02 Å².